The summed E-state index contributed by atoms with van der Waals surface area (Å²) in [6.07, 6.45) is 5.55. The Hall–Kier alpha value is -1.17. The van der Waals surface area contributed by atoms with Gasteiger partial charge in [-0.3, -0.25) is 10.1 Å². The molecule has 1 aromatic heterocycles. The molecule has 5 nitrogen and oxygen atoms in total. The van der Waals surface area contributed by atoms with E-state index < -0.39 is 0 Å². The van der Waals surface area contributed by atoms with Crippen LogP contribution in [0, 0.1) is 33.8 Å². The zero-order valence-corrected chi connectivity index (χ0v) is 10.0. The summed E-state index contributed by atoms with van der Waals surface area (Å²) in [5, 5.41) is 14.8. The van der Waals surface area contributed by atoms with Crippen LogP contribution in [0.2, 0.25) is 0 Å². The van der Waals surface area contributed by atoms with Crippen molar-refractivity contribution in [2.24, 2.45) is 23.7 Å². The summed E-state index contributed by atoms with van der Waals surface area (Å²) in [4.78, 5) is 14.3. The first-order chi connectivity index (χ1) is 8.24. The third kappa shape index (κ3) is 1.33. The molecule has 4 atom stereocenters. The minimum Gasteiger partial charge on any atom is -0.358 e. The number of aromatic nitrogens is 1. The van der Waals surface area contributed by atoms with Gasteiger partial charge in [-0.2, -0.15) is 0 Å². The number of thiazole rings is 1. The summed E-state index contributed by atoms with van der Waals surface area (Å²) in [6, 6.07) is 0.548. The maximum Gasteiger partial charge on any atom is 0.345 e. The monoisotopic (exact) mass is 251 g/mol. The SMILES string of the molecule is O=[N+]([O-])c1cnc(NC2C3C4CCC(C4)C23)s1. The van der Waals surface area contributed by atoms with Crippen LogP contribution in [0.1, 0.15) is 19.3 Å². The Morgan fingerprint density at radius 2 is 2.12 bits per heavy atom. The summed E-state index contributed by atoms with van der Waals surface area (Å²) >= 11 is 1.15. The van der Waals surface area contributed by atoms with Crippen molar-refractivity contribution in [2.75, 3.05) is 5.32 Å². The fourth-order valence-electron chi connectivity index (χ4n) is 4.08. The van der Waals surface area contributed by atoms with Gasteiger partial charge in [-0.1, -0.05) is 0 Å². The summed E-state index contributed by atoms with van der Waals surface area (Å²) in [7, 11) is 0. The molecule has 4 rings (SSSR count). The minimum atomic E-state index is -0.375. The molecule has 1 heterocycles. The van der Waals surface area contributed by atoms with Crippen LogP contribution < -0.4 is 5.32 Å². The Balaban J connectivity index is 1.47. The number of hydrogen-bond donors (Lipinski definition) is 1. The van der Waals surface area contributed by atoms with Gasteiger partial charge >= 0.3 is 5.00 Å². The Bertz CT molecular complexity index is 473. The summed E-state index contributed by atoms with van der Waals surface area (Å²) in [5.41, 5.74) is 0. The minimum absolute atomic E-state index is 0.126. The maximum atomic E-state index is 10.6. The Morgan fingerprint density at radius 1 is 1.41 bits per heavy atom. The van der Waals surface area contributed by atoms with Crippen LogP contribution in [-0.4, -0.2) is 15.9 Å². The van der Waals surface area contributed by atoms with E-state index in [1.807, 2.05) is 0 Å². The van der Waals surface area contributed by atoms with Gasteiger partial charge in [0, 0.05) is 6.04 Å². The Morgan fingerprint density at radius 3 is 2.71 bits per heavy atom. The van der Waals surface area contributed by atoms with Crippen LogP contribution in [0.5, 0.6) is 0 Å². The van der Waals surface area contributed by atoms with Gasteiger partial charge in [0.25, 0.3) is 0 Å². The first kappa shape index (κ1) is 9.82. The van der Waals surface area contributed by atoms with E-state index in [4.69, 9.17) is 0 Å². The van der Waals surface area contributed by atoms with Gasteiger partial charge in [0.2, 0.25) is 0 Å². The second-order valence-electron chi connectivity index (χ2n) is 5.42. The highest BCUT2D eigenvalue weighted by molar-refractivity contribution is 7.18. The van der Waals surface area contributed by atoms with E-state index in [2.05, 4.69) is 10.3 Å². The maximum absolute atomic E-state index is 10.6. The zero-order valence-electron chi connectivity index (χ0n) is 9.20. The number of nitro groups is 1. The van der Waals surface area contributed by atoms with E-state index in [9.17, 15) is 10.1 Å². The third-order valence-electron chi connectivity index (χ3n) is 4.70. The van der Waals surface area contributed by atoms with Crippen molar-refractivity contribution in [1.82, 2.24) is 4.98 Å². The van der Waals surface area contributed by atoms with Gasteiger partial charge in [-0.15, -0.1) is 0 Å². The normalized spacial score (nSPS) is 41.3. The van der Waals surface area contributed by atoms with Crippen LogP contribution in [0.3, 0.4) is 0 Å². The van der Waals surface area contributed by atoms with E-state index in [1.165, 1.54) is 25.5 Å². The predicted molar refractivity (Wildman–Crippen MR) is 64.0 cm³/mol. The summed E-state index contributed by atoms with van der Waals surface area (Å²) < 4.78 is 0. The molecule has 0 saturated heterocycles. The van der Waals surface area contributed by atoms with Crippen molar-refractivity contribution in [1.29, 1.82) is 0 Å². The second kappa shape index (κ2) is 3.19. The predicted octanol–water partition coefficient (Wildman–Crippen LogP) is 2.51. The molecule has 1 N–H and O–H groups in total. The van der Waals surface area contributed by atoms with Crippen molar-refractivity contribution in [3.05, 3.63) is 16.3 Å². The molecule has 3 fully saturated rings. The van der Waals surface area contributed by atoms with Crippen molar-refractivity contribution in [2.45, 2.75) is 25.3 Å². The van der Waals surface area contributed by atoms with Crippen molar-refractivity contribution >= 4 is 21.5 Å². The van der Waals surface area contributed by atoms with Crippen molar-refractivity contribution in [3.8, 4) is 0 Å². The van der Waals surface area contributed by atoms with Crippen LogP contribution in [-0.2, 0) is 0 Å². The fraction of sp³-hybridized carbons (Fsp3) is 0.727. The fourth-order valence-corrected chi connectivity index (χ4v) is 4.76. The molecule has 0 spiro atoms. The van der Waals surface area contributed by atoms with Crippen molar-refractivity contribution < 1.29 is 4.92 Å². The summed E-state index contributed by atoms with van der Waals surface area (Å²) in [6.45, 7) is 0. The topological polar surface area (TPSA) is 68.1 Å². The van der Waals surface area contributed by atoms with E-state index in [-0.39, 0.29) is 9.92 Å². The van der Waals surface area contributed by atoms with E-state index >= 15 is 0 Å². The van der Waals surface area contributed by atoms with Crippen LogP contribution in [0.4, 0.5) is 10.1 Å². The zero-order chi connectivity index (χ0) is 11.6. The van der Waals surface area contributed by atoms with Crippen LogP contribution >= 0.6 is 11.3 Å². The van der Waals surface area contributed by atoms with Crippen LogP contribution in [0.15, 0.2) is 6.20 Å². The first-order valence-corrected chi connectivity index (χ1v) is 6.92. The number of nitrogens with zero attached hydrogens (tertiary/aromatic N) is 2. The highest BCUT2D eigenvalue weighted by Crippen LogP contribution is 2.66. The van der Waals surface area contributed by atoms with Gasteiger partial charge in [0.1, 0.15) is 6.20 Å². The second-order valence-corrected chi connectivity index (χ2v) is 6.43. The van der Waals surface area contributed by atoms with E-state index in [1.54, 1.807) is 0 Å². The van der Waals surface area contributed by atoms with Crippen molar-refractivity contribution in [3.63, 3.8) is 0 Å². The van der Waals surface area contributed by atoms with E-state index in [0.717, 1.165) is 40.1 Å². The average Bonchev–Trinajstić information content (AvgIpc) is 2.76. The van der Waals surface area contributed by atoms with Gasteiger partial charge < -0.3 is 5.32 Å². The highest BCUT2D eigenvalue weighted by Gasteiger charge is 2.65. The molecule has 0 aliphatic heterocycles. The lowest BCUT2D eigenvalue weighted by molar-refractivity contribution is -0.380. The highest BCUT2D eigenvalue weighted by atomic mass is 32.1. The standard InChI is InChI=1S/C11H13N3O2S/c15-14(16)7-4-12-11(17-7)13-10-8-5-1-2-6(3-5)9(8)10/h4-6,8-10H,1-3H2,(H,12,13). The molecular weight excluding hydrogens is 238 g/mol. The first-order valence-electron chi connectivity index (χ1n) is 6.11. The molecule has 17 heavy (non-hydrogen) atoms. The molecule has 0 amide bonds. The lowest BCUT2D eigenvalue weighted by atomic mass is 10.0. The van der Waals surface area contributed by atoms with E-state index in [0.29, 0.717) is 6.04 Å². The van der Waals surface area contributed by atoms with Gasteiger partial charge in [0.15, 0.2) is 5.13 Å². The molecular formula is C11H13N3O2S. The molecule has 6 heteroatoms. The molecule has 2 bridgehead atoms. The lowest BCUT2D eigenvalue weighted by Crippen LogP contribution is -2.12. The van der Waals surface area contributed by atoms with Gasteiger partial charge in [-0.25, -0.2) is 4.98 Å². The largest absolute Gasteiger partial charge is 0.358 e. The molecule has 4 unspecified atom stereocenters. The number of hydrogen-bond acceptors (Lipinski definition) is 5. The number of nitrogens with one attached hydrogen (secondary N) is 1. The quantitative estimate of drug-likeness (QED) is 0.662. The molecule has 1 aromatic rings. The molecule has 3 saturated carbocycles. The molecule has 3 aliphatic carbocycles. The molecule has 0 aromatic carbocycles. The third-order valence-corrected chi connectivity index (χ3v) is 5.58. The molecule has 0 radical (unpaired) electrons. The van der Waals surface area contributed by atoms with Gasteiger partial charge in [-0.05, 0) is 54.3 Å². The number of fused-ring (bicyclic) bond motifs is 5. The lowest BCUT2D eigenvalue weighted by Gasteiger charge is -2.08. The molecule has 90 valence electrons. The summed E-state index contributed by atoms with van der Waals surface area (Å²) in [5.74, 6) is 3.49. The number of rotatable bonds is 3. The number of anilines is 1. The van der Waals surface area contributed by atoms with Crippen LogP contribution in [0.25, 0.3) is 0 Å². The average molecular weight is 251 g/mol. The Labute approximate surface area is 102 Å². The smallest absolute Gasteiger partial charge is 0.345 e. The van der Waals surface area contributed by atoms with Gasteiger partial charge in [0.05, 0.1) is 4.92 Å². The molecule has 3 aliphatic rings. The Kier molecular flexibility index (Phi) is 1.84.